The Balaban J connectivity index is 1.82. The van der Waals surface area contributed by atoms with Crippen LogP contribution in [0.5, 0.6) is 5.75 Å². The third-order valence-corrected chi connectivity index (χ3v) is 6.46. The zero-order valence-corrected chi connectivity index (χ0v) is 18.1. The van der Waals surface area contributed by atoms with Gasteiger partial charge in [0, 0.05) is 21.0 Å². The highest BCUT2D eigenvalue weighted by Crippen LogP contribution is 2.41. The molecule has 5 rings (SSSR count). The number of fused-ring (bicyclic) bond motifs is 4. The van der Waals surface area contributed by atoms with Gasteiger partial charge in [0.05, 0.1) is 12.0 Å². The summed E-state index contributed by atoms with van der Waals surface area (Å²) >= 11 is 1.66. The van der Waals surface area contributed by atoms with Crippen molar-refractivity contribution < 1.29 is 4.74 Å². The summed E-state index contributed by atoms with van der Waals surface area (Å²) in [6, 6.07) is 19.2. The van der Waals surface area contributed by atoms with Crippen LogP contribution in [0.15, 0.2) is 73.8 Å². The Morgan fingerprint density at radius 2 is 1.80 bits per heavy atom. The Bertz CT molecular complexity index is 1430. The van der Waals surface area contributed by atoms with E-state index in [1.54, 1.807) is 17.7 Å². The van der Waals surface area contributed by atoms with E-state index in [0.717, 1.165) is 37.3 Å². The van der Waals surface area contributed by atoms with Crippen LogP contribution in [-0.4, -0.2) is 9.97 Å². The highest BCUT2D eigenvalue weighted by Gasteiger charge is 2.20. The molecule has 30 heavy (non-hydrogen) atoms. The number of thiophene rings is 1. The minimum Gasteiger partial charge on any atom is -0.466 e. The molecule has 3 nitrogen and oxygen atoms in total. The zero-order valence-electron chi connectivity index (χ0n) is 17.3. The van der Waals surface area contributed by atoms with E-state index >= 15 is 0 Å². The molecule has 0 unspecified atom stereocenters. The molecule has 0 N–H and O–H groups in total. The molecule has 0 fully saturated rings. The zero-order chi connectivity index (χ0) is 20.9. The molecule has 148 valence electrons. The average Bonchev–Trinajstić information content (AvgIpc) is 3.10. The molecule has 0 radical (unpaired) electrons. The quantitative estimate of drug-likeness (QED) is 0.289. The fraction of sp³-hybridized carbons (Fsp3) is 0.154. The van der Waals surface area contributed by atoms with Gasteiger partial charge in [-0.3, -0.25) is 0 Å². The largest absolute Gasteiger partial charge is 0.466 e. The number of hydrogen-bond donors (Lipinski definition) is 0. The molecular formula is C26H22N2OS. The Kier molecular flexibility index (Phi) is 4.33. The predicted octanol–water partition coefficient (Wildman–Crippen LogP) is 7.48. The Hall–Kier alpha value is -3.24. The maximum Gasteiger partial charge on any atom is 0.128 e. The number of benzene rings is 3. The van der Waals surface area contributed by atoms with Gasteiger partial charge in [-0.2, -0.15) is 0 Å². The van der Waals surface area contributed by atoms with E-state index in [2.05, 4.69) is 74.8 Å². The number of aromatic nitrogens is 2. The third kappa shape index (κ3) is 3.04. The van der Waals surface area contributed by atoms with Gasteiger partial charge in [0.15, 0.2) is 0 Å². The first-order valence-electron chi connectivity index (χ1n) is 9.94. The SMILES string of the molecule is C=COc1ccc2c(c1)sc1ncnc(-c3cc(C(C)(C)C)c4ccccc4c3)c12. The van der Waals surface area contributed by atoms with E-state index in [0.29, 0.717) is 0 Å². The molecular weight excluding hydrogens is 388 g/mol. The van der Waals surface area contributed by atoms with Crippen LogP contribution in [0.2, 0.25) is 0 Å². The Morgan fingerprint density at radius 1 is 0.967 bits per heavy atom. The van der Waals surface area contributed by atoms with E-state index in [4.69, 9.17) is 9.72 Å². The standard InChI is InChI=1S/C26H22N2OS/c1-5-29-18-10-11-20-22(14-18)30-25-23(20)24(27-15-28-25)17-12-16-8-6-7-9-19(16)21(13-17)26(2,3)4/h5-15H,1H2,2-4H3. The molecule has 2 heterocycles. The fourth-order valence-corrected chi connectivity index (χ4v) is 5.12. The molecule has 0 aliphatic heterocycles. The maximum atomic E-state index is 5.46. The van der Waals surface area contributed by atoms with Crippen molar-refractivity contribution in [3.8, 4) is 17.0 Å². The van der Waals surface area contributed by atoms with Crippen molar-refractivity contribution in [2.75, 3.05) is 0 Å². The first-order chi connectivity index (χ1) is 14.5. The van der Waals surface area contributed by atoms with Gasteiger partial charge in [0.25, 0.3) is 0 Å². The van der Waals surface area contributed by atoms with Crippen LogP contribution in [0.1, 0.15) is 26.3 Å². The summed E-state index contributed by atoms with van der Waals surface area (Å²) in [6.45, 7) is 10.4. The van der Waals surface area contributed by atoms with Crippen molar-refractivity contribution in [1.82, 2.24) is 9.97 Å². The van der Waals surface area contributed by atoms with E-state index in [1.165, 1.54) is 22.6 Å². The lowest BCUT2D eigenvalue weighted by atomic mass is 9.82. The van der Waals surface area contributed by atoms with Gasteiger partial charge in [0.2, 0.25) is 0 Å². The molecule has 5 aromatic rings. The third-order valence-electron chi connectivity index (χ3n) is 5.40. The molecule has 0 spiro atoms. The number of hydrogen-bond acceptors (Lipinski definition) is 4. The monoisotopic (exact) mass is 410 g/mol. The molecule has 0 amide bonds. The summed E-state index contributed by atoms with van der Waals surface area (Å²) in [4.78, 5) is 10.3. The molecule has 0 bridgehead atoms. The molecule has 0 saturated carbocycles. The van der Waals surface area contributed by atoms with Gasteiger partial charge in [0.1, 0.15) is 16.9 Å². The fourth-order valence-electron chi connectivity index (χ4n) is 4.04. The van der Waals surface area contributed by atoms with E-state index in [9.17, 15) is 0 Å². The maximum absolute atomic E-state index is 5.46. The molecule has 3 aromatic carbocycles. The topological polar surface area (TPSA) is 35.0 Å². The lowest BCUT2D eigenvalue weighted by molar-refractivity contribution is 0.484. The van der Waals surface area contributed by atoms with Crippen molar-refractivity contribution in [2.24, 2.45) is 0 Å². The summed E-state index contributed by atoms with van der Waals surface area (Å²) in [5.41, 5.74) is 3.44. The van der Waals surface area contributed by atoms with Crippen molar-refractivity contribution in [2.45, 2.75) is 26.2 Å². The van der Waals surface area contributed by atoms with Gasteiger partial charge >= 0.3 is 0 Å². The summed E-state index contributed by atoms with van der Waals surface area (Å²) < 4.78 is 6.59. The summed E-state index contributed by atoms with van der Waals surface area (Å²) in [5, 5.41) is 4.76. The van der Waals surface area contributed by atoms with Crippen LogP contribution in [0.3, 0.4) is 0 Å². The molecule has 0 aliphatic carbocycles. The van der Waals surface area contributed by atoms with Crippen molar-refractivity contribution in [3.63, 3.8) is 0 Å². The second-order valence-electron chi connectivity index (χ2n) is 8.44. The van der Waals surface area contributed by atoms with E-state index < -0.39 is 0 Å². The summed E-state index contributed by atoms with van der Waals surface area (Å²) in [5.74, 6) is 0.777. The smallest absolute Gasteiger partial charge is 0.128 e. The van der Waals surface area contributed by atoms with Crippen molar-refractivity contribution in [3.05, 3.63) is 79.3 Å². The van der Waals surface area contributed by atoms with Gasteiger partial charge in [-0.15, -0.1) is 11.3 Å². The minimum absolute atomic E-state index is 0.0232. The highest BCUT2D eigenvalue weighted by atomic mass is 32.1. The van der Waals surface area contributed by atoms with Gasteiger partial charge in [-0.05, 0) is 52.1 Å². The molecule has 0 atom stereocenters. The van der Waals surface area contributed by atoms with Crippen molar-refractivity contribution >= 4 is 42.4 Å². The predicted molar refractivity (Wildman–Crippen MR) is 127 cm³/mol. The molecule has 0 saturated heterocycles. The molecule has 4 heteroatoms. The van der Waals surface area contributed by atoms with Crippen LogP contribution >= 0.6 is 11.3 Å². The van der Waals surface area contributed by atoms with E-state index in [-0.39, 0.29) is 5.41 Å². The minimum atomic E-state index is 0.0232. The highest BCUT2D eigenvalue weighted by molar-refractivity contribution is 7.25. The first-order valence-corrected chi connectivity index (χ1v) is 10.8. The van der Waals surface area contributed by atoms with Crippen LogP contribution in [-0.2, 0) is 5.41 Å². The second-order valence-corrected chi connectivity index (χ2v) is 9.47. The van der Waals surface area contributed by atoms with Gasteiger partial charge < -0.3 is 4.74 Å². The van der Waals surface area contributed by atoms with Gasteiger partial charge in [-0.25, -0.2) is 9.97 Å². The number of ether oxygens (including phenoxy) is 1. The summed E-state index contributed by atoms with van der Waals surface area (Å²) in [7, 11) is 0. The van der Waals surface area contributed by atoms with E-state index in [1.807, 2.05) is 12.1 Å². The Labute approximate surface area is 179 Å². The molecule has 0 aliphatic rings. The first kappa shape index (κ1) is 18.8. The normalized spacial score (nSPS) is 12.0. The van der Waals surface area contributed by atoms with Crippen LogP contribution in [0, 0.1) is 0 Å². The van der Waals surface area contributed by atoms with Crippen LogP contribution in [0.4, 0.5) is 0 Å². The molecule has 2 aromatic heterocycles. The lowest BCUT2D eigenvalue weighted by Crippen LogP contribution is -2.12. The van der Waals surface area contributed by atoms with Crippen LogP contribution < -0.4 is 4.74 Å². The van der Waals surface area contributed by atoms with Gasteiger partial charge in [-0.1, -0.05) is 51.6 Å². The second kappa shape index (κ2) is 6.92. The van der Waals surface area contributed by atoms with Crippen molar-refractivity contribution in [1.29, 1.82) is 0 Å². The average molecular weight is 411 g/mol. The Morgan fingerprint density at radius 3 is 2.60 bits per heavy atom. The lowest BCUT2D eigenvalue weighted by Gasteiger charge is -2.22. The van der Waals surface area contributed by atoms with Crippen LogP contribution in [0.25, 0.3) is 42.3 Å². The summed E-state index contributed by atoms with van der Waals surface area (Å²) in [6.07, 6.45) is 3.11. The number of rotatable bonds is 3. The number of nitrogens with zero attached hydrogens (tertiary/aromatic N) is 2.